The van der Waals surface area contributed by atoms with Crippen LogP contribution in [-0.2, 0) is 32.6 Å². The van der Waals surface area contributed by atoms with Gasteiger partial charge in [0.1, 0.15) is 6.04 Å². The topological polar surface area (TPSA) is 86.8 Å². The number of aryl methyl sites for hydroxylation is 1. The van der Waals surface area contributed by atoms with Gasteiger partial charge in [0.05, 0.1) is 11.9 Å². The second-order valence-corrected chi connectivity index (χ2v) is 11.7. The smallest absolute Gasteiger partial charge is 0.243 e. The van der Waals surface area contributed by atoms with Crippen molar-refractivity contribution >= 4 is 27.5 Å². The summed E-state index contributed by atoms with van der Waals surface area (Å²) in [6, 6.07) is 24.1. The molecule has 3 aromatic carbocycles. The average Bonchev–Trinajstić information content (AvgIpc) is 2.91. The summed E-state index contributed by atoms with van der Waals surface area (Å²) in [6.07, 6.45) is 1.99. The minimum Gasteiger partial charge on any atom is -0.355 e. The van der Waals surface area contributed by atoms with Crippen LogP contribution >= 0.6 is 0 Å². The maximum absolute atomic E-state index is 13.8. The van der Waals surface area contributed by atoms with Crippen molar-refractivity contribution in [3.05, 3.63) is 101 Å². The third-order valence-electron chi connectivity index (χ3n) is 6.81. The molecule has 0 saturated carbocycles. The number of nitrogens with zero attached hydrogens (tertiary/aromatic N) is 2. The molecule has 0 bridgehead atoms. The van der Waals surface area contributed by atoms with E-state index in [1.165, 1.54) is 10.6 Å². The summed E-state index contributed by atoms with van der Waals surface area (Å²) >= 11 is 0. The fraction of sp³-hybridized carbons (Fsp3) is 0.355. The molecule has 8 heteroatoms. The average molecular weight is 550 g/mol. The van der Waals surface area contributed by atoms with Gasteiger partial charge in [-0.2, -0.15) is 0 Å². The van der Waals surface area contributed by atoms with E-state index in [0.717, 1.165) is 22.3 Å². The van der Waals surface area contributed by atoms with E-state index in [4.69, 9.17) is 0 Å². The highest BCUT2D eigenvalue weighted by atomic mass is 32.2. The second kappa shape index (κ2) is 13.9. The van der Waals surface area contributed by atoms with Crippen LogP contribution in [0.1, 0.15) is 42.0 Å². The van der Waals surface area contributed by atoms with Crippen molar-refractivity contribution in [1.82, 2.24) is 10.2 Å². The number of sulfonamides is 1. The van der Waals surface area contributed by atoms with Gasteiger partial charge in [0, 0.05) is 32.5 Å². The summed E-state index contributed by atoms with van der Waals surface area (Å²) in [5.41, 5.74) is 4.38. The Balaban J connectivity index is 1.86. The number of benzene rings is 3. The predicted octanol–water partition coefficient (Wildman–Crippen LogP) is 4.63. The first kappa shape index (κ1) is 29.9. The fourth-order valence-electron chi connectivity index (χ4n) is 4.61. The maximum atomic E-state index is 13.8. The largest absolute Gasteiger partial charge is 0.355 e. The fourth-order valence-corrected chi connectivity index (χ4v) is 5.63. The van der Waals surface area contributed by atoms with Crippen LogP contribution < -0.4 is 9.62 Å². The molecule has 0 heterocycles. The SMILES string of the molecule is CCNC(=O)[C@@H](Cc1ccccc1)N(Cc1ccccc1)C(=O)CCCN(c1cccc(C)c1C)S(C)(=O)=O. The van der Waals surface area contributed by atoms with Crippen LogP contribution in [-0.4, -0.2) is 50.5 Å². The number of likely N-dealkylation sites (N-methyl/N-ethyl adjacent to an activating group) is 1. The van der Waals surface area contributed by atoms with Crippen molar-refractivity contribution in [3.63, 3.8) is 0 Å². The molecule has 0 aliphatic heterocycles. The molecule has 0 saturated heterocycles. The first-order chi connectivity index (χ1) is 18.6. The number of anilines is 1. The molecule has 0 aliphatic rings. The highest BCUT2D eigenvalue weighted by Gasteiger charge is 2.30. The van der Waals surface area contributed by atoms with Gasteiger partial charge in [0.15, 0.2) is 0 Å². The Morgan fingerprint density at radius 2 is 1.49 bits per heavy atom. The summed E-state index contributed by atoms with van der Waals surface area (Å²) in [7, 11) is -3.56. The van der Waals surface area contributed by atoms with Crippen LogP contribution in [0, 0.1) is 13.8 Å². The molecule has 208 valence electrons. The lowest BCUT2D eigenvalue weighted by molar-refractivity contribution is -0.141. The Kier molecular flexibility index (Phi) is 10.7. The molecule has 0 aliphatic carbocycles. The Bertz CT molecular complexity index is 1340. The van der Waals surface area contributed by atoms with Crippen molar-refractivity contribution in [3.8, 4) is 0 Å². The van der Waals surface area contributed by atoms with Gasteiger partial charge in [-0.25, -0.2) is 8.42 Å². The van der Waals surface area contributed by atoms with E-state index in [2.05, 4.69) is 5.32 Å². The molecule has 1 N–H and O–H groups in total. The number of carbonyl (C=O) groups is 2. The van der Waals surface area contributed by atoms with Gasteiger partial charge < -0.3 is 10.2 Å². The Hall–Kier alpha value is -3.65. The zero-order valence-electron chi connectivity index (χ0n) is 23.3. The number of hydrogen-bond donors (Lipinski definition) is 1. The number of nitrogens with one attached hydrogen (secondary N) is 1. The Labute approximate surface area is 232 Å². The number of hydrogen-bond acceptors (Lipinski definition) is 4. The summed E-state index contributed by atoms with van der Waals surface area (Å²) < 4.78 is 26.8. The van der Waals surface area contributed by atoms with E-state index in [-0.39, 0.29) is 31.3 Å². The molecule has 0 radical (unpaired) electrons. The van der Waals surface area contributed by atoms with Crippen LogP contribution in [0.25, 0.3) is 0 Å². The molecule has 1 atom stereocenters. The van der Waals surface area contributed by atoms with Gasteiger partial charge in [0.25, 0.3) is 0 Å². The van der Waals surface area contributed by atoms with Gasteiger partial charge in [-0.15, -0.1) is 0 Å². The van der Waals surface area contributed by atoms with Crippen LogP contribution in [0.3, 0.4) is 0 Å². The lowest BCUT2D eigenvalue weighted by Gasteiger charge is -2.32. The van der Waals surface area contributed by atoms with E-state index >= 15 is 0 Å². The predicted molar refractivity (Wildman–Crippen MR) is 157 cm³/mol. The summed E-state index contributed by atoms with van der Waals surface area (Å²) in [6.45, 7) is 6.60. The Morgan fingerprint density at radius 1 is 0.872 bits per heavy atom. The Morgan fingerprint density at radius 3 is 2.08 bits per heavy atom. The zero-order valence-corrected chi connectivity index (χ0v) is 24.1. The second-order valence-electron chi connectivity index (χ2n) is 9.77. The number of amides is 2. The van der Waals surface area contributed by atoms with Gasteiger partial charge >= 0.3 is 0 Å². The van der Waals surface area contributed by atoms with Crippen LogP contribution in [0.2, 0.25) is 0 Å². The monoisotopic (exact) mass is 549 g/mol. The summed E-state index contributed by atoms with van der Waals surface area (Å²) in [5.74, 6) is -0.403. The molecular formula is C31H39N3O4S. The molecule has 0 unspecified atom stereocenters. The third kappa shape index (κ3) is 8.42. The molecule has 0 fully saturated rings. The van der Waals surface area contributed by atoms with E-state index in [1.54, 1.807) is 11.0 Å². The molecule has 2 amide bonds. The zero-order chi connectivity index (χ0) is 28.4. The molecule has 0 spiro atoms. The molecular weight excluding hydrogens is 510 g/mol. The normalized spacial score (nSPS) is 12.0. The van der Waals surface area contributed by atoms with Crippen LogP contribution in [0.4, 0.5) is 5.69 Å². The van der Waals surface area contributed by atoms with Gasteiger partial charge in [-0.3, -0.25) is 13.9 Å². The van der Waals surface area contributed by atoms with E-state index in [0.29, 0.717) is 25.1 Å². The summed E-state index contributed by atoms with van der Waals surface area (Å²) in [5, 5.41) is 2.89. The number of rotatable bonds is 13. The minimum absolute atomic E-state index is 0.106. The minimum atomic E-state index is -3.56. The van der Waals surface area contributed by atoms with E-state index < -0.39 is 16.1 Å². The molecule has 0 aromatic heterocycles. The lowest BCUT2D eigenvalue weighted by Crippen LogP contribution is -2.50. The number of carbonyl (C=O) groups excluding carboxylic acids is 2. The first-order valence-corrected chi connectivity index (χ1v) is 15.2. The van der Waals surface area contributed by atoms with Gasteiger partial charge in [-0.1, -0.05) is 72.8 Å². The van der Waals surface area contributed by atoms with E-state index in [1.807, 2.05) is 93.6 Å². The van der Waals surface area contributed by atoms with Crippen LogP contribution in [0.15, 0.2) is 78.9 Å². The standard InChI is InChI=1S/C31H39N3O4S/c1-5-32-31(36)29(22-26-15-8-6-9-16-26)33(23-27-17-10-7-11-18-27)30(35)20-13-21-34(39(4,37)38)28-19-12-14-24(2)25(28)3/h6-12,14-19,29H,5,13,20-23H2,1-4H3,(H,32,36)/t29-/m1/s1. The van der Waals surface area contributed by atoms with Crippen molar-refractivity contribution < 1.29 is 18.0 Å². The van der Waals surface area contributed by atoms with Gasteiger partial charge in [0.2, 0.25) is 21.8 Å². The summed E-state index contributed by atoms with van der Waals surface area (Å²) in [4.78, 5) is 28.6. The first-order valence-electron chi connectivity index (χ1n) is 13.3. The molecule has 3 aromatic rings. The quantitative estimate of drug-likeness (QED) is 0.337. The van der Waals surface area contributed by atoms with Crippen molar-refractivity contribution in [2.75, 3.05) is 23.7 Å². The maximum Gasteiger partial charge on any atom is 0.243 e. The van der Waals surface area contributed by atoms with Crippen molar-refractivity contribution in [2.24, 2.45) is 0 Å². The van der Waals surface area contributed by atoms with Crippen molar-refractivity contribution in [2.45, 2.75) is 52.6 Å². The lowest BCUT2D eigenvalue weighted by atomic mass is 10.0. The highest BCUT2D eigenvalue weighted by Crippen LogP contribution is 2.25. The molecule has 39 heavy (non-hydrogen) atoms. The van der Waals surface area contributed by atoms with E-state index in [9.17, 15) is 18.0 Å². The highest BCUT2D eigenvalue weighted by molar-refractivity contribution is 7.92. The molecule has 7 nitrogen and oxygen atoms in total. The third-order valence-corrected chi connectivity index (χ3v) is 7.99. The molecule has 3 rings (SSSR count). The van der Waals surface area contributed by atoms with Crippen LogP contribution in [0.5, 0.6) is 0 Å². The van der Waals surface area contributed by atoms with Gasteiger partial charge in [-0.05, 0) is 55.5 Å². The van der Waals surface area contributed by atoms with Crippen molar-refractivity contribution in [1.29, 1.82) is 0 Å².